The molecule has 0 radical (unpaired) electrons. The van der Waals surface area contributed by atoms with Crippen LogP contribution in [0.4, 0.5) is 36.2 Å². The van der Waals surface area contributed by atoms with Crippen molar-refractivity contribution in [2.45, 2.75) is 12.6 Å². The molecule has 158 valence electrons. The van der Waals surface area contributed by atoms with E-state index in [-0.39, 0.29) is 22.2 Å². The summed E-state index contributed by atoms with van der Waals surface area (Å²) in [6.07, 6.45) is -2.37. The highest BCUT2D eigenvalue weighted by Gasteiger charge is 2.33. The highest BCUT2D eigenvalue weighted by atomic mass is 35.5. The molecule has 1 fully saturated rings. The number of aromatic nitrogens is 2. The highest BCUT2D eigenvalue weighted by Crippen LogP contribution is 2.37. The van der Waals surface area contributed by atoms with Gasteiger partial charge in [0.1, 0.15) is 12.0 Å². The zero-order valence-electron chi connectivity index (χ0n) is 15.6. The van der Waals surface area contributed by atoms with Gasteiger partial charge in [0.2, 0.25) is 0 Å². The second kappa shape index (κ2) is 9.47. The maximum Gasteiger partial charge on any atom is 0.417 e. The zero-order valence-corrected chi connectivity index (χ0v) is 16.4. The Morgan fingerprint density at radius 3 is 2.62 bits per heavy atom. The van der Waals surface area contributed by atoms with Crippen molar-refractivity contribution in [1.82, 2.24) is 14.9 Å². The number of ether oxygens (including phenoxy) is 1. The van der Waals surface area contributed by atoms with Gasteiger partial charge in [0.05, 0.1) is 23.8 Å². The number of hydrogen-bond donors (Lipinski definition) is 3. The largest absolute Gasteiger partial charge is 0.417 e. The van der Waals surface area contributed by atoms with Crippen LogP contribution in [0.3, 0.4) is 0 Å². The fourth-order valence-corrected chi connectivity index (χ4v) is 3.15. The molecule has 0 saturated carbocycles. The summed E-state index contributed by atoms with van der Waals surface area (Å²) < 4.78 is 44.4. The van der Waals surface area contributed by atoms with Gasteiger partial charge in [-0.2, -0.15) is 13.2 Å². The van der Waals surface area contributed by atoms with E-state index in [1.807, 2.05) is 0 Å². The predicted octanol–water partition coefficient (Wildman–Crippen LogP) is 3.61. The molecule has 11 heteroatoms. The Labute approximate surface area is 171 Å². The Morgan fingerprint density at radius 2 is 1.90 bits per heavy atom. The predicted molar refractivity (Wildman–Crippen MR) is 107 cm³/mol. The van der Waals surface area contributed by atoms with Crippen LogP contribution in [0.2, 0.25) is 5.02 Å². The third kappa shape index (κ3) is 5.84. The maximum absolute atomic E-state index is 13.0. The van der Waals surface area contributed by atoms with Gasteiger partial charge < -0.3 is 21.1 Å². The molecule has 0 atom stereocenters. The van der Waals surface area contributed by atoms with Gasteiger partial charge in [0, 0.05) is 25.3 Å². The van der Waals surface area contributed by atoms with Crippen LogP contribution < -0.4 is 16.4 Å². The first-order valence-electron chi connectivity index (χ1n) is 9.13. The normalized spacial score (nSPS) is 15.3. The molecule has 0 aliphatic carbocycles. The topological polar surface area (TPSA) is 88.3 Å². The molecule has 0 spiro atoms. The van der Waals surface area contributed by atoms with Gasteiger partial charge in [-0.25, -0.2) is 9.97 Å². The van der Waals surface area contributed by atoms with Crippen molar-refractivity contribution in [3.63, 3.8) is 0 Å². The molecule has 1 saturated heterocycles. The lowest BCUT2D eigenvalue weighted by atomic mass is 10.2. The first-order valence-corrected chi connectivity index (χ1v) is 9.50. The molecule has 3 rings (SSSR count). The Kier molecular flexibility index (Phi) is 6.99. The summed E-state index contributed by atoms with van der Waals surface area (Å²) in [6, 6.07) is 3.52. The fraction of sp³-hybridized carbons (Fsp3) is 0.444. The van der Waals surface area contributed by atoms with Crippen LogP contribution in [-0.4, -0.2) is 54.3 Å². The third-order valence-electron chi connectivity index (χ3n) is 4.47. The number of morpholine rings is 1. The van der Waals surface area contributed by atoms with Crippen molar-refractivity contribution in [3.05, 3.63) is 35.1 Å². The maximum atomic E-state index is 13.0. The van der Waals surface area contributed by atoms with Crippen molar-refractivity contribution in [2.24, 2.45) is 0 Å². The van der Waals surface area contributed by atoms with E-state index in [9.17, 15) is 13.2 Å². The van der Waals surface area contributed by atoms with E-state index in [2.05, 4.69) is 25.5 Å². The number of hydrogen-bond acceptors (Lipinski definition) is 7. The second-order valence-corrected chi connectivity index (χ2v) is 6.94. The number of nitrogen functional groups attached to an aromatic ring is 1. The van der Waals surface area contributed by atoms with Crippen LogP contribution in [0.25, 0.3) is 0 Å². The average Bonchev–Trinajstić information content (AvgIpc) is 2.69. The van der Waals surface area contributed by atoms with Gasteiger partial charge in [-0.3, -0.25) is 4.90 Å². The van der Waals surface area contributed by atoms with Crippen molar-refractivity contribution in [2.75, 3.05) is 55.8 Å². The van der Waals surface area contributed by atoms with Crippen molar-refractivity contribution >= 4 is 34.6 Å². The summed E-state index contributed by atoms with van der Waals surface area (Å²) in [7, 11) is 0. The molecule has 1 aliphatic heterocycles. The lowest BCUT2D eigenvalue weighted by molar-refractivity contribution is -0.137. The fourth-order valence-electron chi connectivity index (χ4n) is 2.93. The molecule has 0 unspecified atom stereocenters. The number of anilines is 4. The van der Waals surface area contributed by atoms with E-state index in [0.29, 0.717) is 12.4 Å². The average molecular weight is 431 g/mol. The van der Waals surface area contributed by atoms with Gasteiger partial charge in [0.15, 0.2) is 11.6 Å². The molecule has 1 aromatic heterocycles. The van der Waals surface area contributed by atoms with Gasteiger partial charge in [-0.1, -0.05) is 11.6 Å². The zero-order chi connectivity index (χ0) is 20.9. The number of rotatable bonds is 7. The second-order valence-electron chi connectivity index (χ2n) is 6.54. The molecule has 0 bridgehead atoms. The summed E-state index contributed by atoms with van der Waals surface area (Å²) in [6.45, 7) is 4.92. The molecule has 2 heterocycles. The molecular weight excluding hydrogens is 409 g/mol. The van der Waals surface area contributed by atoms with E-state index < -0.39 is 11.7 Å². The summed E-state index contributed by atoms with van der Waals surface area (Å²) in [5, 5.41) is 5.57. The van der Waals surface area contributed by atoms with Crippen LogP contribution >= 0.6 is 11.6 Å². The minimum Gasteiger partial charge on any atom is -0.393 e. The van der Waals surface area contributed by atoms with Crippen molar-refractivity contribution < 1.29 is 17.9 Å². The molecule has 4 N–H and O–H groups in total. The third-order valence-corrected chi connectivity index (χ3v) is 4.80. The Balaban J connectivity index is 1.61. The Bertz CT molecular complexity index is 830. The number of nitrogens with two attached hydrogens (primary N) is 1. The molecule has 0 amide bonds. The summed E-state index contributed by atoms with van der Waals surface area (Å²) in [5.74, 6) is 0.639. The lowest BCUT2D eigenvalue weighted by Crippen LogP contribution is -2.37. The first-order chi connectivity index (χ1) is 13.8. The van der Waals surface area contributed by atoms with Crippen molar-refractivity contribution in [3.8, 4) is 0 Å². The van der Waals surface area contributed by atoms with E-state index >= 15 is 0 Å². The van der Waals surface area contributed by atoms with Crippen molar-refractivity contribution in [1.29, 1.82) is 0 Å². The van der Waals surface area contributed by atoms with Crippen LogP contribution in [0.1, 0.15) is 12.0 Å². The van der Waals surface area contributed by atoms with Crippen LogP contribution in [0.5, 0.6) is 0 Å². The Morgan fingerprint density at radius 1 is 1.17 bits per heavy atom. The molecular formula is C18H22ClF3N6O. The number of nitrogens with zero attached hydrogens (tertiary/aromatic N) is 3. The van der Waals surface area contributed by atoms with Crippen LogP contribution in [-0.2, 0) is 10.9 Å². The number of alkyl halides is 3. The Hall–Kier alpha value is -2.30. The number of nitrogens with one attached hydrogen (secondary N) is 2. The van der Waals surface area contributed by atoms with Gasteiger partial charge in [-0.05, 0) is 31.2 Å². The molecule has 1 aliphatic rings. The summed E-state index contributed by atoms with van der Waals surface area (Å²) >= 11 is 5.65. The first kappa shape index (κ1) is 21.4. The minimum atomic E-state index is -4.56. The molecule has 7 nitrogen and oxygen atoms in total. The minimum absolute atomic E-state index is 0.172. The van der Waals surface area contributed by atoms with E-state index in [4.69, 9.17) is 22.1 Å². The standard InChI is InChI=1S/C18H22ClF3N6O/c19-14-3-2-12(10-13(14)18(20,21)22)27-17-15(23)16(25-11-26-17)24-4-1-5-28-6-8-29-9-7-28/h2-3,10-11H,1,4-9,23H2,(H2,24,25,26,27). The number of benzene rings is 1. The smallest absolute Gasteiger partial charge is 0.393 e. The van der Waals surface area contributed by atoms with E-state index in [0.717, 1.165) is 45.3 Å². The monoisotopic (exact) mass is 430 g/mol. The SMILES string of the molecule is Nc1c(NCCCN2CCOCC2)ncnc1Nc1ccc(Cl)c(C(F)(F)F)c1. The van der Waals surface area contributed by atoms with Gasteiger partial charge in [0.25, 0.3) is 0 Å². The molecule has 1 aromatic carbocycles. The van der Waals surface area contributed by atoms with E-state index in [1.54, 1.807) is 0 Å². The van der Waals surface area contributed by atoms with Gasteiger partial charge >= 0.3 is 6.18 Å². The quantitative estimate of drug-likeness (QED) is 0.578. The lowest BCUT2D eigenvalue weighted by Gasteiger charge is -2.26. The van der Waals surface area contributed by atoms with E-state index in [1.165, 1.54) is 18.5 Å². The molecule has 2 aromatic rings. The summed E-state index contributed by atoms with van der Waals surface area (Å²) in [4.78, 5) is 10.5. The highest BCUT2D eigenvalue weighted by molar-refractivity contribution is 6.31. The van der Waals surface area contributed by atoms with Crippen LogP contribution in [0.15, 0.2) is 24.5 Å². The van der Waals surface area contributed by atoms with Crippen LogP contribution in [0, 0.1) is 0 Å². The molecule has 29 heavy (non-hydrogen) atoms. The summed E-state index contributed by atoms with van der Waals surface area (Å²) in [5.41, 5.74) is 5.55. The van der Waals surface area contributed by atoms with Gasteiger partial charge in [-0.15, -0.1) is 0 Å². The number of halogens is 4.